The monoisotopic (exact) mass is 372 g/mol. The highest BCUT2D eigenvalue weighted by molar-refractivity contribution is 6.03. The Kier molecular flexibility index (Phi) is 5.13. The zero-order chi connectivity index (χ0) is 19.8. The maximum absolute atomic E-state index is 12.7. The molecule has 1 aromatic rings. The normalized spacial score (nSPS) is 24.1. The van der Waals surface area contributed by atoms with Gasteiger partial charge in [-0.3, -0.25) is 4.79 Å². The third-order valence-electron chi connectivity index (χ3n) is 4.86. The molecule has 0 fully saturated rings. The van der Waals surface area contributed by atoms with E-state index in [4.69, 9.17) is 9.47 Å². The molecule has 6 nitrogen and oxygen atoms in total. The molecule has 0 saturated heterocycles. The standard InChI is InChI=1S/C21H24O6/c1-12(2)6-7-14-15(22)9-16(23)19-17(24)10-18(27-20(14)19)13-5-4-8-21(25,11-13)26-3/h4-6,8-9,18,22-23,25H,7,10-11H2,1-3H3. The molecule has 144 valence electrons. The molecular weight excluding hydrogens is 348 g/mol. The molecule has 0 saturated carbocycles. The summed E-state index contributed by atoms with van der Waals surface area (Å²) in [5.74, 6) is -1.93. The number of hydrogen-bond donors (Lipinski definition) is 3. The lowest BCUT2D eigenvalue weighted by Gasteiger charge is -2.33. The van der Waals surface area contributed by atoms with Crippen LogP contribution in [0.4, 0.5) is 0 Å². The first-order valence-electron chi connectivity index (χ1n) is 8.81. The number of ketones is 1. The molecule has 6 heteroatoms. The van der Waals surface area contributed by atoms with E-state index in [-0.39, 0.29) is 41.4 Å². The Hall–Kier alpha value is -2.57. The number of phenols is 2. The van der Waals surface area contributed by atoms with E-state index in [2.05, 4.69) is 0 Å². The molecule has 0 bridgehead atoms. The van der Waals surface area contributed by atoms with Gasteiger partial charge in [-0.1, -0.05) is 23.8 Å². The molecule has 1 aliphatic heterocycles. The molecule has 3 rings (SSSR count). The van der Waals surface area contributed by atoms with Crippen molar-refractivity contribution in [3.63, 3.8) is 0 Å². The average molecular weight is 372 g/mol. The van der Waals surface area contributed by atoms with Gasteiger partial charge in [-0.05, 0) is 31.9 Å². The molecule has 0 amide bonds. The first kappa shape index (κ1) is 19.2. The van der Waals surface area contributed by atoms with Crippen LogP contribution >= 0.6 is 0 Å². The minimum Gasteiger partial charge on any atom is -0.507 e. The van der Waals surface area contributed by atoms with Gasteiger partial charge in [0.15, 0.2) is 11.6 Å². The number of ether oxygens (including phenoxy) is 2. The Labute approximate surface area is 158 Å². The van der Waals surface area contributed by atoms with Crippen molar-refractivity contribution in [2.24, 2.45) is 0 Å². The number of rotatable bonds is 4. The lowest BCUT2D eigenvalue weighted by molar-refractivity contribution is -0.146. The van der Waals surface area contributed by atoms with Gasteiger partial charge in [-0.2, -0.15) is 0 Å². The Morgan fingerprint density at radius 1 is 1.37 bits per heavy atom. The van der Waals surface area contributed by atoms with Crippen LogP contribution in [0.1, 0.15) is 42.6 Å². The number of carbonyl (C=O) groups is 1. The lowest BCUT2D eigenvalue weighted by Crippen LogP contribution is -2.36. The number of allylic oxidation sites excluding steroid dienone is 4. The summed E-state index contributed by atoms with van der Waals surface area (Å²) in [7, 11) is 1.41. The fourth-order valence-corrected chi connectivity index (χ4v) is 3.33. The first-order valence-corrected chi connectivity index (χ1v) is 8.81. The highest BCUT2D eigenvalue weighted by Crippen LogP contribution is 2.44. The maximum Gasteiger partial charge on any atom is 0.189 e. The Morgan fingerprint density at radius 3 is 2.78 bits per heavy atom. The molecule has 2 aliphatic rings. The molecule has 0 radical (unpaired) electrons. The summed E-state index contributed by atoms with van der Waals surface area (Å²) in [5, 5.41) is 30.8. The van der Waals surface area contributed by atoms with E-state index in [1.165, 1.54) is 19.3 Å². The van der Waals surface area contributed by atoms with Crippen molar-refractivity contribution in [1.82, 2.24) is 0 Å². The molecule has 27 heavy (non-hydrogen) atoms. The van der Waals surface area contributed by atoms with Gasteiger partial charge in [0.05, 0.1) is 6.42 Å². The number of hydrogen-bond acceptors (Lipinski definition) is 6. The molecule has 0 aromatic heterocycles. The minimum atomic E-state index is -1.44. The number of benzene rings is 1. The molecular formula is C21H24O6. The van der Waals surface area contributed by atoms with Gasteiger partial charge in [0.2, 0.25) is 0 Å². The SMILES string of the molecule is COC1(O)C=CC=C(C2CC(=O)c3c(O)cc(O)c(CC=C(C)C)c3O2)C1. The highest BCUT2D eigenvalue weighted by atomic mass is 16.6. The maximum atomic E-state index is 12.7. The van der Waals surface area contributed by atoms with Crippen molar-refractivity contribution >= 4 is 5.78 Å². The fraction of sp³-hybridized carbons (Fsp3) is 0.381. The lowest BCUT2D eigenvalue weighted by atomic mass is 9.88. The molecule has 2 unspecified atom stereocenters. The second kappa shape index (κ2) is 7.21. The molecule has 1 aliphatic carbocycles. The summed E-state index contributed by atoms with van der Waals surface area (Å²) < 4.78 is 11.2. The van der Waals surface area contributed by atoms with Gasteiger partial charge >= 0.3 is 0 Å². The van der Waals surface area contributed by atoms with Gasteiger partial charge in [-0.15, -0.1) is 0 Å². The quantitative estimate of drug-likeness (QED) is 0.555. The predicted molar refractivity (Wildman–Crippen MR) is 100 cm³/mol. The number of carbonyl (C=O) groups excluding carboxylic acids is 1. The van der Waals surface area contributed by atoms with Crippen molar-refractivity contribution in [2.45, 2.75) is 45.0 Å². The van der Waals surface area contributed by atoms with Gasteiger partial charge in [0.1, 0.15) is 28.9 Å². The number of Topliss-reactive ketones (excluding diaryl/α,β-unsaturated/α-hetero) is 1. The van der Waals surface area contributed by atoms with Gasteiger partial charge in [0, 0.05) is 25.2 Å². The van der Waals surface area contributed by atoms with Crippen molar-refractivity contribution in [2.75, 3.05) is 7.11 Å². The van der Waals surface area contributed by atoms with E-state index in [1.54, 1.807) is 12.2 Å². The Balaban J connectivity index is 2.01. The average Bonchev–Trinajstić information content (AvgIpc) is 2.60. The number of methoxy groups -OCH3 is 1. The van der Waals surface area contributed by atoms with E-state index in [9.17, 15) is 20.1 Å². The number of fused-ring (bicyclic) bond motifs is 1. The van der Waals surface area contributed by atoms with E-state index >= 15 is 0 Å². The summed E-state index contributed by atoms with van der Waals surface area (Å²) in [5.41, 5.74) is 2.31. The molecule has 1 heterocycles. The smallest absolute Gasteiger partial charge is 0.189 e. The first-order chi connectivity index (χ1) is 12.7. The Bertz CT molecular complexity index is 860. The summed E-state index contributed by atoms with van der Waals surface area (Å²) >= 11 is 0. The van der Waals surface area contributed by atoms with Crippen LogP contribution in [-0.2, 0) is 11.2 Å². The highest BCUT2D eigenvalue weighted by Gasteiger charge is 2.37. The predicted octanol–water partition coefficient (Wildman–Crippen LogP) is 3.16. The van der Waals surface area contributed by atoms with Crippen molar-refractivity contribution in [3.05, 3.63) is 52.6 Å². The van der Waals surface area contributed by atoms with E-state index in [1.807, 2.05) is 19.9 Å². The third kappa shape index (κ3) is 3.77. The van der Waals surface area contributed by atoms with Gasteiger partial charge in [-0.25, -0.2) is 0 Å². The van der Waals surface area contributed by atoms with Crippen LogP contribution in [0.15, 0.2) is 41.5 Å². The largest absolute Gasteiger partial charge is 0.507 e. The zero-order valence-electron chi connectivity index (χ0n) is 15.7. The molecule has 2 atom stereocenters. The summed E-state index contributed by atoms with van der Waals surface area (Å²) in [6, 6.07) is 1.18. The Morgan fingerprint density at radius 2 is 2.11 bits per heavy atom. The van der Waals surface area contributed by atoms with Crippen LogP contribution in [0, 0.1) is 0 Å². The van der Waals surface area contributed by atoms with E-state index < -0.39 is 11.9 Å². The van der Waals surface area contributed by atoms with Crippen LogP contribution in [0.25, 0.3) is 0 Å². The summed E-state index contributed by atoms with van der Waals surface area (Å²) in [4.78, 5) is 12.7. The van der Waals surface area contributed by atoms with Crippen LogP contribution in [0.3, 0.4) is 0 Å². The zero-order valence-corrected chi connectivity index (χ0v) is 15.7. The van der Waals surface area contributed by atoms with Crippen LogP contribution in [-0.4, -0.2) is 40.1 Å². The van der Waals surface area contributed by atoms with Gasteiger partial charge < -0.3 is 24.8 Å². The van der Waals surface area contributed by atoms with Crippen LogP contribution in [0.2, 0.25) is 0 Å². The van der Waals surface area contributed by atoms with Crippen molar-refractivity contribution < 1.29 is 29.6 Å². The van der Waals surface area contributed by atoms with E-state index in [0.29, 0.717) is 17.6 Å². The van der Waals surface area contributed by atoms with Gasteiger partial charge in [0.25, 0.3) is 0 Å². The van der Waals surface area contributed by atoms with Crippen molar-refractivity contribution in [1.29, 1.82) is 0 Å². The molecule has 1 aromatic carbocycles. The topological polar surface area (TPSA) is 96.2 Å². The number of phenolic OH excluding ortho intramolecular Hbond substituents is 2. The summed E-state index contributed by atoms with van der Waals surface area (Å²) in [6.45, 7) is 3.87. The fourth-order valence-electron chi connectivity index (χ4n) is 3.33. The third-order valence-corrected chi connectivity index (χ3v) is 4.86. The second-order valence-electron chi connectivity index (χ2n) is 7.14. The number of aromatic hydroxyl groups is 2. The number of aliphatic hydroxyl groups is 1. The second-order valence-corrected chi connectivity index (χ2v) is 7.14. The summed E-state index contributed by atoms with van der Waals surface area (Å²) in [6.07, 6.45) is 6.86. The van der Waals surface area contributed by atoms with Crippen LogP contribution in [0.5, 0.6) is 17.2 Å². The molecule has 0 spiro atoms. The van der Waals surface area contributed by atoms with E-state index in [0.717, 1.165) is 5.57 Å². The van der Waals surface area contributed by atoms with Crippen molar-refractivity contribution in [3.8, 4) is 17.2 Å². The minimum absolute atomic E-state index is 0.0346. The molecule has 3 N–H and O–H groups in total. The van der Waals surface area contributed by atoms with Crippen LogP contribution < -0.4 is 4.74 Å².